The van der Waals surface area contributed by atoms with Crippen molar-refractivity contribution in [3.63, 3.8) is 0 Å². The first kappa shape index (κ1) is 8.34. The second-order valence-corrected chi connectivity index (χ2v) is 1.49. The molecule has 1 aromatic rings. The summed E-state index contributed by atoms with van der Waals surface area (Å²) in [5, 5.41) is 18.9. The molecule has 9 heavy (non-hydrogen) atoms. The van der Waals surface area contributed by atoms with Crippen LogP contribution < -0.4 is 5.11 Å². The zero-order valence-corrected chi connectivity index (χ0v) is 5.72. The van der Waals surface area contributed by atoms with Gasteiger partial charge in [0.2, 0.25) is 0 Å². The zero-order chi connectivity index (χ0) is 5.98. The maximum Gasteiger partial charge on any atom is 0.115 e. The van der Waals surface area contributed by atoms with E-state index in [9.17, 15) is 5.11 Å². The molecular weight excluding hydrogens is 159 g/mol. The predicted molar refractivity (Wildman–Crippen MR) is 29.7 cm³/mol. The van der Waals surface area contributed by atoms with Crippen LogP contribution in [0.5, 0.6) is 11.5 Å². The van der Waals surface area contributed by atoms with E-state index in [-0.39, 0.29) is 30.0 Å². The van der Waals surface area contributed by atoms with Gasteiger partial charge in [-0.2, -0.15) is 0 Å². The van der Waals surface area contributed by atoms with Crippen molar-refractivity contribution in [1.82, 2.24) is 0 Å². The average Bonchev–Trinajstić information content (AvgIpc) is 1.77. The minimum absolute atomic E-state index is 0. The van der Waals surface area contributed by atoms with Crippen molar-refractivity contribution in [2.45, 2.75) is 0 Å². The number of phenols is 1. The van der Waals surface area contributed by atoms with E-state index in [1.54, 1.807) is 0 Å². The summed E-state index contributed by atoms with van der Waals surface area (Å²) in [4.78, 5) is 0. The Morgan fingerprint density at radius 1 is 1.22 bits per heavy atom. The maximum atomic E-state index is 10.3. The van der Waals surface area contributed by atoms with Crippen molar-refractivity contribution in [3.05, 3.63) is 24.3 Å². The van der Waals surface area contributed by atoms with Crippen LogP contribution in [0.15, 0.2) is 24.3 Å². The van der Waals surface area contributed by atoms with Crippen LogP contribution in [0.3, 0.4) is 0 Å². The van der Waals surface area contributed by atoms with E-state index >= 15 is 0 Å². The molecule has 0 fully saturated rings. The predicted octanol–water partition coefficient (Wildman–Crippen LogP) is 0.709. The molecule has 0 heterocycles. The average molecular weight is 166 g/mol. The number of rotatable bonds is 0. The smallest absolute Gasteiger partial charge is 0.115 e. The minimum atomic E-state index is -0.0807. The first-order valence-electron chi connectivity index (χ1n) is 2.25. The fourth-order valence-corrected chi connectivity index (χ4v) is 0.446. The summed E-state index contributed by atoms with van der Waals surface area (Å²) in [5.74, 6) is 0.0485. The molecule has 1 N–H and O–H groups in total. The monoisotopic (exact) mass is 166 g/mol. The van der Waals surface area contributed by atoms with E-state index in [4.69, 9.17) is 5.11 Å². The third-order valence-electron chi connectivity index (χ3n) is 0.837. The van der Waals surface area contributed by atoms with Gasteiger partial charge in [-0.15, -0.1) is 5.75 Å². The Bertz CT molecular complexity index is 155. The largest absolute Gasteiger partial charge is 0.872 e. The molecule has 3 heteroatoms. The Hall–Kier alpha value is -0.661. The van der Waals surface area contributed by atoms with Crippen LogP contribution in [0.1, 0.15) is 1.43 Å². The molecule has 0 amide bonds. The molecule has 0 atom stereocenters. The minimum Gasteiger partial charge on any atom is -0.872 e. The van der Waals surface area contributed by atoms with Crippen molar-refractivity contribution < 1.29 is 28.7 Å². The summed E-state index contributed by atoms with van der Waals surface area (Å²) >= 11 is 0. The van der Waals surface area contributed by atoms with Gasteiger partial charge in [0.15, 0.2) is 0 Å². The molecule has 0 bridgehead atoms. The van der Waals surface area contributed by atoms with Gasteiger partial charge in [0.25, 0.3) is 0 Å². The summed E-state index contributed by atoms with van der Waals surface area (Å²) in [6, 6.07) is 5.36. The van der Waals surface area contributed by atoms with E-state index in [1.807, 2.05) is 0 Å². The van der Waals surface area contributed by atoms with Crippen LogP contribution in [0.2, 0.25) is 0 Å². The number of phenolic OH excluding ortho intramolecular Hbond substituents is 1. The second kappa shape index (κ2) is 3.38. The van der Waals surface area contributed by atoms with Crippen molar-refractivity contribution in [3.8, 4) is 11.5 Å². The molecule has 1 aromatic carbocycles. The van der Waals surface area contributed by atoms with Gasteiger partial charge in [-0.3, -0.25) is 0 Å². The third kappa shape index (κ3) is 2.40. The van der Waals surface area contributed by atoms with Gasteiger partial charge in [0.05, 0.1) is 0 Å². The molecule has 2 nitrogen and oxygen atoms in total. The van der Waals surface area contributed by atoms with E-state index in [0.717, 1.165) is 0 Å². The van der Waals surface area contributed by atoms with Gasteiger partial charge >= 0.3 is 0 Å². The standard InChI is InChI=1S/C6H6O2.Mn.H2/c7-5-1-2-6(8)4-3-5;;/h1-4,7-8H;;1H/p-1. The van der Waals surface area contributed by atoms with Crippen molar-refractivity contribution in [2.24, 2.45) is 0 Å². The summed E-state index contributed by atoms with van der Waals surface area (Å²) < 4.78 is 0. The van der Waals surface area contributed by atoms with E-state index in [2.05, 4.69) is 0 Å². The van der Waals surface area contributed by atoms with Crippen LogP contribution in [0, 0.1) is 0 Å². The fourth-order valence-electron chi connectivity index (χ4n) is 0.446. The van der Waals surface area contributed by atoms with Crippen LogP contribution in [0.4, 0.5) is 0 Å². The molecule has 0 saturated carbocycles. The Labute approximate surface area is 65.1 Å². The number of hydrogen-bond donors (Lipinski definition) is 1. The van der Waals surface area contributed by atoms with Crippen LogP contribution in [-0.4, -0.2) is 5.11 Å². The SMILES string of the molecule is [HH].[Mn].[O-]c1ccc(O)cc1. The van der Waals surface area contributed by atoms with Gasteiger partial charge in [-0.25, -0.2) is 0 Å². The Morgan fingerprint density at radius 2 is 1.67 bits per heavy atom. The van der Waals surface area contributed by atoms with Crippen LogP contribution in [-0.2, 0) is 17.1 Å². The third-order valence-corrected chi connectivity index (χ3v) is 0.837. The van der Waals surface area contributed by atoms with E-state index < -0.39 is 0 Å². The zero-order valence-electron chi connectivity index (χ0n) is 4.54. The van der Waals surface area contributed by atoms with Gasteiger partial charge in [0.1, 0.15) is 5.75 Å². The van der Waals surface area contributed by atoms with Crippen molar-refractivity contribution in [2.75, 3.05) is 0 Å². The maximum absolute atomic E-state index is 10.3. The molecule has 0 aliphatic rings. The molecule has 0 unspecified atom stereocenters. The fraction of sp³-hybridized carbons (Fsp3) is 0. The molecule has 1 rings (SSSR count). The molecule has 0 saturated heterocycles. The molecule has 1 radical (unpaired) electrons. The normalized spacial score (nSPS) is 8.00. The number of benzene rings is 1. The molecule has 51 valence electrons. The summed E-state index contributed by atoms with van der Waals surface area (Å²) in [6.45, 7) is 0. The molecule has 0 aromatic heterocycles. The van der Waals surface area contributed by atoms with E-state index in [1.165, 1.54) is 24.3 Å². The molecule has 0 spiro atoms. The van der Waals surface area contributed by atoms with Crippen LogP contribution >= 0.6 is 0 Å². The number of aromatic hydroxyl groups is 1. The van der Waals surface area contributed by atoms with Gasteiger partial charge in [0, 0.05) is 18.5 Å². The summed E-state index contributed by atoms with van der Waals surface area (Å²) in [7, 11) is 0. The Balaban J connectivity index is 0. The van der Waals surface area contributed by atoms with Crippen molar-refractivity contribution >= 4 is 0 Å². The summed E-state index contributed by atoms with van der Waals surface area (Å²) in [6.07, 6.45) is 0. The first-order valence-corrected chi connectivity index (χ1v) is 2.25. The Morgan fingerprint density at radius 3 is 2.00 bits per heavy atom. The molecule has 0 aliphatic heterocycles. The molecular formula is C6H7MnO2-. The number of hydrogen-bond acceptors (Lipinski definition) is 2. The van der Waals surface area contributed by atoms with E-state index in [0.29, 0.717) is 0 Å². The molecule has 0 aliphatic carbocycles. The quantitative estimate of drug-likeness (QED) is 0.576. The summed E-state index contributed by atoms with van der Waals surface area (Å²) in [5.41, 5.74) is 0. The second-order valence-electron chi connectivity index (χ2n) is 1.49. The first-order chi connectivity index (χ1) is 3.79. The van der Waals surface area contributed by atoms with Gasteiger partial charge in [-0.1, -0.05) is 12.1 Å². The topological polar surface area (TPSA) is 43.3 Å². The van der Waals surface area contributed by atoms with Gasteiger partial charge < -0.3 is 10.2 Å². The van der Waals surface area contributed by atoms with Crippen LogP contribution in [0.25, 0.3) is 0 Å². The van der Waals surface area contributed by atoms with Gasteiger partial charge in [-0.05, 0) is 12.1 Å². The Kier molecular flexibility index (Phi) is 3.13. The van der Waals surface area contributed by atoms with Crippen molar-refractivity contribution in [1.29, 1.82) is 0 Å².